The number of hydrogen-bond donors (Lipinski definition) is 3. The highest BCUT2D eigenvalue weighted by atomic mass is 19.1. The molecule has 0 fully saturated rings. The van der Waals surface area contributed by atoms with Crippen molar-refractivity contribution in [3.8, 4) is 0 Å². The van der Waals surface area contributed by atoms with Crippen LogP contribution in [0.15, 0.2) is 42.5 Å². The van der Waals surface area contributed by atoms with E-state index >= 15 is 0 Å². The van der Waals surface area contributed by atoms with Crippen molar-refractivity contribution in [1.29, 1.82) is 0 Å². The van der Waals surface area contributed by atoms with Gasteiger partial charge in [-0.1, -0.05) is 18.2 Å². The molecule has 6 nitrogen and oxygen atoms in total. The summed E-state index contributed by atoms with van der Waals surface area (Å²) < 4.78 is 13.2. The third-order valence-corrected chi connectivity index (χ3v) is 4.10. The number of carbonyl (C=O) groups excluding carboxylic acids is 1. The van der Waals surface area contributed by atoms with E-state index in [0.717, 1.165) is 5.56 Å². The van der Waals surface area contributed by atoms with Gasteiger partial charge in [0.05, 0.1) is 17.1 Å². The molecule has 4 N–H and O–H groups in total. The first-order valence-electron chi connectivity index (χ1n) is 8.23. The number of likely N-dealkylation sites (N-methyl/N-ethyl adjacent to an activating group) is 1. The van der Waals surface area contributed by atoms with Crippen LogP contribution in [-0.2, 0) is 0 Å². The second-order valence-corrected chi connectivity index (χ2v) is 5.99. The van der Waals surface area contributed by atoms with Gasteiger partial charge in [-0.15, -0.1) is 0 Å². The summed E-state index contributed by atoms with van der Waals surface area (Å²) in [6.07, 6.45) is 0. The van der Waals surface area contributed by atoms with Crippen molar-refractivity contribution in [1.82, 2.24) is 15.3 Å². The topological polar surface area (TPSA) is 92.9 Å². The van der Waals surface area contributed by atoms with E-state index in [9.17, 15) is 9.18 Å². The molecule has 1 aromatic heterocycles. The van der Waals surface area contributed by atoms with E-state index in [2.05, 4.69) is 20.6 Å². The number of aromatic nitrogens is 2. The van der Waals surface area contributed by atoms with E-state index in [0.29, 0.717) is 34.7 Å². The highest BCUT2D eigenvalue weighted by molar-refractivity contribution is 6.07. The third-order valence-electron chi connectivity index (χ3n) is 4.10. The Hall–Kier alpha value is -3.06. The van der Waals surface area contributed by atoms with Gasteiger partial charge >= 0.3 is 0 Å². The molecule has 3 rings (SSSR count). The number of nitrogens with zero attached hydrogens (tertiary/aromatic N) is 2. The first-order chi connectivity index (χ1) is 12.5. The maximum absolute atomic E-state index is 13.2. The molecule has 0 saturated heterocycles. The summed E-state index contributed by atoms with van der Waals surface area (Å²) in [6, 6.07) is 11.4. The van der Waals surface area contributed by atoms with Crippen molar-refractivity contribution in [2.45, 2.75) is 13.0 Å². The molecule has 0 bridgehead atoms. The number of carbonyl (C=O) groups is 1. The molecule has 1 atom stereocenters. The molecule has 2 aromatic carbocycles. The number of fused-ring (bicyclic) bond motifs is 1. The number of para-hydroxylation sites is 1. The predicted octanol–water partition coefficient (Wildman–Crippen LogP) is 2.55. The molecule has 134 valence electrons. The van der Waals surface area contributed by atoms with Crippen LogP contribution in [0.25, 0.3) is 10.9 Å². The van der Waals surface area contributed by atoms with E-state index in [1.807, 2.05) is 13.1 Å². The highest BCUT2D eigenvalue weighted by Gasteiger charge is 2.16. The summed E-state index contributed by atoms with van der Waals surface area (Å²) in [6.45, 7) is 2.36. The monoisotopic (exact) mass is 353 g/mol. The van der Waals surface area contributed by atoms with Crippen molar-refractivity contribution >= 4 is 22.6 Å². The molecule has 0 saturated carbocycles. The van der Waals surface area contributed by atoms with Gasteiger partial charge in [0.2, 0.25) is 0 Å². The van der Waals surface area contributed by atoms with Crippen LogP contribution in [0.2, 0.25) is 0 Å². The van der Waals surface area contributed by atoms with Crippen LogP contribution in [0.5, 0.6) is 0 Å². The fourth-order valence-corrected chi connectivity index (χ4v) is 2.89. The minimum Gasteiger partial charge on any atom is -0.366 e. The van der Waals surface area contributed by atoms with Crippen molar-refractivity contribution in [3.05, 3.63) is 65.2 Å². The number of anilines is 1. The fraction of sp³-hybridized carbons (Fsp3) is 0.211. The van der Waals surface area contributed by atoms with E-state index < -0.39 is 5.91 Å². The lowest BCUT2D eigenvalue weighted by Crippen LogP contribution is -2.24. The lowest BCUT2D eigenvalue weighted by molar-refractivity contribution is 0.100. The summed E-state index contributed by atoms with van der Waals surface area (Å²) in [7, 11) is 1.84. The van der Waals surface area contributed by atoms with Crippen LogP contribution < -0.4 is 16.4 Å². The van der Waals surface area contributed by atoms with Gasteiger partial charge in [-0.2, -0.15) is 0 Å². The Morgan fingerprint density at radius 2 is 1.92 bits per heavy atom. The molecular weight excluding hydrogens is 333 g/mol. The summed E-state index contributed by atoms with van der Waals surface area (Å²) in [4.78, 5) is 20.6. The number of halogens is 1. The van der Waals surface area contributed by atoms with E-state index in [1.54, 1.807) is 31.2 Å². The average Bonchev–Trinajstić information content (AvgIpc) is 2.61. The van der Waals surface area contributed by atoms with Crippen LogP contribution in [0, 0.1) is 12.7 Å². The van der Waals surface area contributed by atoms with Crippen LogP contribution >= 0.6 is 0 Å². The Kier molecular flexibility index (Phi) is 5.09. The van der Waals surface area contributed by atoms with Gasteiger partial charge in [-0.3, -0.25) is 4.79 Å². The molecule has 0 aliphatic rings. The van der Waals surface area contributed by atoms with Gasteiger partial charge < -0.3 is 16.4 Å². The van der Waals surface area contributed by atoms with Gasteiger partial charge in [0.25, 0.3) is 5.91 Å². The van der Waals surface area contributed by atoms with Gasteiger partial charge in [-0.25, -0.2) is 14.4 Å². The third kappa shape index (κ3) is 3.62. The fourth-order valence-electron chi connectivity index (χ4n) is 2.89. The van der Waals surface area contributed by atoms with Gasteiger partial charge in [-0.05, 0) is 43.8 Å². The first kappa shape index (κ1) is 17.8. The zero-order valence-electron chi connectivity index (χ0n) is 14.6. The van der Waals surface area contributed by atoms with E-state index in [4.69, 9.17) is 5.73 Å². The zero-order chi connectivity index (χ0) is 18.7. The van der Waals surface area contributed by atoms with Crippen molar-refractivity contribution in [3.63, 3.8) is 0 Å². The molecule has 1 heterocycles. The number of primary amides is 1. The first-order valence-corrected chi connectivity index (χ1v) is 8.23. The van der Waals surface area contributed by atoms with E-state index in [-0.39, 0.29) is 11.9 Å². The van der Waals surface area contributed by atoms with Crippen LogP contribution in [-0.4, -0.2) is 29.5 Å². The smallest absolute Gasteiger partial charge is 0.250 e. The van der Waals surface area contributed by atoms with E-state index in [1.165, 1.54) is 12.1 Å². The zero-order valence-corrected chi connectivity index (χ0v) is 14.6. The quantitative estimate of drug-likeness (QED) is 0.633. The Labute approximate surface area is 150 Å². The molecule has 26 heavy (non-hydrogen) atoms. The summed E-state index contributed by atoms with van der Waals surface area (Å²) in [5, 5.41) is 7.20. The number of nitrogens with one attached hydrogen (secondary N) is 2. The normalized spacial score (nSPS) is 12.1. The van der Waals surface area contributed by atoms with Gasteiger partial charge in [0, 0.05) is 11.9 Å². The Balaban J connectivity index is 2.07. The SMILES string of the molecule is CNCC(Nc1nc(C)nc2c(C(N)=O)cccc12)c1ccc(F)cc1. The Bertz CT molecular complexity index is 943. The molecule has 1 unspecified atom stereocenters. The minimum atomic E-state index is -0.537. The number of rotatable bonds is 6. The molecule has 0 radical (unpaired) electrons. The van der Waals surface area contributed by atoms with Gasteiger partial charge in [0.1, 0.15) is 17.5 Å². The lowest BCUT2D eigenvalue weighted by atomic mass is 10.1. The van der Waals surface area contributed by atoms with Crippen LogP contribution in [0.3, 0.4) is 0 Å². The molecule has 7 heteroatoms. The predicted molar refractivity (Wildman–Crippen MR) is 99.5 cm³/mol. The largest absolute Gasteiger partial charge is 0.366 e. The second-order valence-electron chi connectivity index (χ2n) is 5.99. The number of nitrogens with two attached hydrogens (primary N) is 1. The molecule has 0 spiro atoms. The highest BCUT2D eigenvalue weighted by Crippen LogP contribution is 2.27. The standard InChI is InChI=1S/C19H20FN5O/c1-11-23-17-14(18(21)26)4-3-5-15(17)19(24-11)25-16(10-22-2)12-6-8-13(20)9-7-12/h3-9,16,22H,10H2,1-2H3,(H2,21,26)(H,23,24,25). The second kappa shape index (κ2) is 7.45. The summed E-state index contributed by atoms with van der Waals surface area (Å²) in [5.41, 5.74) is 7.24. The number of benzene rings is 2. The summed E-state index contributed by atoms with van der Waals surface area (Å²) in [5.74, 6) is 0.299. The summed E-state index contributed by atoms with van der Waals surface area (Å²) >= 11 is 0. The molecular formula is C19H20FN5O. The number of amides is 1. The molecule has 0 aliphatic heterocycles. The Morgan fingerprint density at radius 1 is 1.19 bits per heavy atom. The van der Waals surface area contributed by atoms with Crippen molar-refractivity contribution in [2.24, 2.45) is 5.73 Å². The minimum absolute atomic E-state index is 0.143. The molecule has 0 aliphatic carbocycles. The van der Waals surface area contributed by atoms with Gasteiger partial charge in [0.15, 0.2) is 0 Å². The molecule has 1 amide bonds. The lowest BCUT2D eigenvalue weighted by Gasteiger charge is -2.21. The van der Waals surface area contributed by atoms with Crippen molar-refractivity contribution < 1.29 is 9.18 Å². The van der Waals surface area contributed by atoms with Crippen LogP contribution in [0.1, 0.15) is 27.8 Å². The number of aryl methyl sites for hydroxylation is 1. The number of hydrogen-bond acceptors (Lipinski definition) is 5. The average molecular weight is 353 g/mol. The maximum atomic E-state index is 13.2. The van der Waals surface area contributed by atoms with Crippen LogP contribution in [0.4, 0.5) is 10.2 Å². The maximum Gasteiger partial charge on any atom is 0.250 e. The molecule has 3 aromatic rings. The Morgan fingerprint density at radius 3 is 2.58 bits per heavy atom. The van der Waals surface area contributed by atoms with Crippen molar-refractivity contribution in [2.75, 3.05) is 18.9 Å².